The quantitative estimate of drug-likeness (QED) is 0.822. The molecule has 1 N–H and O–H groups in total. The summed E-state index contributed by atoms with van der Waals surface area (Å²) in [5, 5.41) is 3.24. The Morgan fingerprint density at radius 3 is 3.19 bits per heavy atom. The lowest BCUT2D eigenvalue weighted by Crippen LogP contribution is -2.25. The maximum Gasteiger partial charge on any atom is 0.154 e. The van der Waals surface area contributed by atoms with Crippen LogP contribution < -0.4 is 5.32 Å². The van der Waals surface area contributed by atoms with E-state index in [0.717, 1.165) is 31.1 Å². The van der Waals surface area contributed by atoms with E-state index in [2.05, 4.69) is 15.3 Å². The molecule has 0 saturated heterocycles. The first-order valence-electron chi connectivity index (χ1n) is 5.80. The van der Waals surface area contributed by atoms with Crippen LogP contribution in [0.3, 0.4) is 0 Å². The van der Waals surface area contributed by atoms with E-state index in [1.807, 2.05) is 13.2 Å². The summed E-state index contributed by atoms with van der Waals surface area (Å²) >= 11 is 0. The summed E-state index contributed by atoms with van der Waals surface area (Å²) in [6.45, 7) is 1.59. The van der Waals surface area contributed by atoms with Gasteiger partial charge in [-0.3, -0.25) is 0 Å². The van der Waals surface area contributed by atoms with E-state index < -0.39 is 0 Å². The number of fused-ring (bicyclic) bond motifs is 1. The molecule has 4 nitrogen and oxygen atoms in total. The molecule has 0 bridgehead atoms. The molecule has 0 aromatic carbocycles. The van der Waals surface area contributed by atoms with Gasteiger partial charge in [-0.2, -0.15) is 0 Å². The van der Waals surface area contributed by atoms with Gasteiger partial charge in [-0.1, -0.05) is 0 Å². The number of hydrogen-bond acceptors (Lipinski definition) is 4. The summed E-state index contributed by atoms with van der Waals surface area (Å²) in [7, 11) is 3.68. The second-order valence-corrected chi connectivity index (χ2v) is 4.36. The Kier molecular flexibility index (Phi) is 3.85. The van der Waals surface area contributed by atoms with Gasteiger partial charge >= 0.3 is 0 Å². The van der Waals surface area contributed by atoms with Gasteiger partial charge in [0.05, 0.1) is 0 Å². The van der Waals surface area contributed by atoms with Crippen LogP contribution in [0, 0.1) is 5.92 Å². The predicted molar refractivity (Wildman–Crippen MR) is 62.2 cm³/mol. The normalized spacial score (nSPS) is 19.5. The van der Waals surface area contributed by atoms with Gasteiger partial charge in [-0.05, 0) is 44.3 Å². The summed E-state index contributed by atoms with van der Waals surface area (Å²) < 4.78 is 5.04. The molecule has 4 heteroatoms. The van der Waals surface area contributed by atoms with Crippen molar-refractivity contribution in [3.63, 3.8) is 0 Å². The molecule has 1 aliphatic rings. The van der Waals surface area contributed by atoms with E-state index in [1.54, 1.807) is 7.11 Å². The molecule has 2 rings (SSSR count). The van der Waals surface area contributed by atoms with Crippen molar-refractivity contribution in [2.45, 2.75) is 25.9 Å². The van der Waals surface area contributed by atoms with Gasteiger partial charge in [-0.25, -0.2) is 9.97 Å². The highest BCUT2D eigenvalue weighted by molar-refractivity contribution is 5.21. The number of aromatic nitrogens is 2. The van der Waals surface area contributed by atoms with Gasteiger partial charge < -0.3 is 10.1 Å². The van der Waals surface area contributed by atoms with E-state index in [0.29, 0.717) is 6.61 Å². The molecule has 0 saturated carbocycles. The molecule has 1 aliphatic carbocycles. The van der Waals surface area contributed by atoms with Crippen LogP contribution in [-0.2, 0) is 24.2 Å². The molecule has 1 unspecified atom stereocenters. The standard InChI is InChI=1S/C12H19N3O/c1-13-6-9-3-4-11-10(5-9)7-14-12(15-11)8-16-2/h7,9,13H,3-6,8H2,1-2H3. The molecule has 0 amide bonds. The number of methoxy groups -OCH3 is 1. The molecule has 0 aliphatic heterocycles. The third-order valence-electron chi connectivity index (χ3n) is 3.07. The summed E-state index contributed by atoms with van der Waals surface area (Å²) in [6.07, 6.45) is 5.36. The minimum Gasteiger partial charge on any atom is -0.377 e. The molecular formula is C12H19N3O. The van der Waals surface area contributed by atoms with Crippen molar-refractivity contribution in [3.05, 3.63) is 23.3 Å². The largest absolute Gasteiger partial charge is 0.377 e. The first-order chi connectivity index (χ1) is 7.83. The van der Waals surface area contributed by atoms with Crippen molar-refractivity contribution < 1.29 is 4.74 Å². The van der Waals surface area contributed by atoms with Crippen LogP contribution in [0.1, 0.15) is 23.5 Å². The zero-order valence-electron chi connectivity index (χ0n) is 9.99. The molecule has 88 valence electrons. The molecule has 16 heavy (non-hydrogen) atoms. The molecule has 1 aromatic rings. The first kappa shape index (κ1) is 11.5. The third kappa shape index (κ3) is 2.57. The Morgan fingerprint density at radius 1 is 1.56 bits per heavy atom. The molecule has 0 spiro atoms. The second kappa shape index (κ2) is 5.37. The number of aryl methyl sites for hydroxylation is 1. The molecule has 1 heterocycles. The number of rotatable bonds is 4. The van der Waals surface area contributed by atoms with Crippen LogP contribution in [0.25, 0.3) is 0 Å². The zero-order chi connectivity index (χ0) is 11.4. The predicted octanol–water partition coefficient (Wildman–Crippen LogP) is 0.947. The van der Waals surface area contributed by atoms with Crippen LogP contribution in [-0.4, -0.2) is 30.7 Å². The van der Waals surface area contributed by atoms with Crippen molar-refractivity contribution in [2.24, 2.45) is 5.92 Å². The highest BCUT2D eigenvalue weighted by Gasteiger charge is 2.19. The number of nitrogens with zero attached hydrogens (tertiary/aromatic N) is 2. The summed E-state index contributed by atoms with van der Waals surface area (Å²) in [4.78, 5) is 8.86. The smallest absolute Gasteiger partial charge is 0.154 e. The molecule has 0 radical (unpaired) electrons. The van der Waals surface area contributed by atoms with Gasteiger partial charge in [0.2, 0.25) is 0 Å². The summed E-state index contributed by atoms with van der Waals surface area (Å²) in [6, 6.07) is 0. The van der Waals surface area contributed by atoms with Crippen LogP contribution in [0.2, 0.25) is 0 Å². The molecule has 1 aromatic heterocycles. The van der Waals surface area contributed by atoms with Crippen LogP contribution >= 0.6 is 0 Å². The Bertz CT molecular complexity index is 354. The minimum atomic E-state index is 0.507. The Hall–Kier alpha value is -1.00. The first-order valence-corrected chi connectivity index (χ1v) is 5.80. The number of ether oxygens (including phenoxy) is 1. The maximum absolute atomic E-state index is 5.04. The fourth-order valence-electron chi connectivity index (χ4n) is 2.29. The number of hydrogen-bond donors (Lipinski definition) is 1. The zero-order valence-corrected chi connectivity index (χ0v) is 9.99. The van der Waals surface area contributed by atoms with Crippen LogP contribution in [0.4, 0.5) is 0 Å². The highest BCUT2D eigenvalue weighted by atomic mass is 16.5. The maximum atomic E-state index is 5.04. The van der Waals surface area contributed by atoms with Crippen molar-refractivity contribution >= 4 is 0 Å². The van der Waals surface area contributed by atoms with Gasteiger partial charge in [-0.15, -0.1) is 0 Å². The lowest BCUT2D eigenvalue weighted by atomic mass is 9.87. The van der Waals surface area contributed by atoms with Crippen LogP contribution in [0.5, 0.6) is 0 Å². The van der Waals surface area contributed by atoms with Gasteiger partial charge in [0.1, 0.15) is 6.61 Å². The SMILES string of the molecule is CNCC1CCc2nc(COC)ncc2C1. The topological polar surface area (TPSA) is 47.0 Å². The van der Waals surface area contributed by atoms with E-state index in [4.69, 9.17) is 4.74 Å². The Labute approximate surface area is 96.4 Å². The van der Waals surface area contributed by atoms with E-state index in [1.165, 1.54) is 17.7 Å². The highest BCUT2D eigenvalue weighted by Crippen LogP contribution is 2.23. The molecular weight excluding hydrogens is 202 g/mol. The Morgan fingerprint density at radius 2 is 2.44 bits per heavy atom. The van der Waals surface area contributed by atoms with Crippen molar-refractivity contribution in [2.75, 3.05) is 20.7 Å². The van der Waals surface area contributed by atoms with Crippen molar-refractivity contribution in [1.82, 2.24) is 15.3 Å². The third-order valence-corrected chi connectivity index (χ3v) is 3.07. The average Bonchev–Trinajstić information content (AvgIpc) is 2.30. The van der Waals surface area contributed by atoms with Gasteiger partial charge in [0, 0.05) is 19.0 Å². The van der Waals surface area contributed by atoms with Crippen LogP contribution in [0.15, 0.2) is 6.20 Å². The van der Waals surface area contributed by atoms with Gasteiger partial charge in [0.15, 0.2) is 5.82 Å². The van der Waals surface area contributed by atoms with Crippen molar-refractivity contribution in [3.8, 4) is 0 Å². The average molecular weight is 221 g/mol. The molecule has 1 atom stereocenters. The van der Waals surface area contributed by atoms with Crippen molar-refractivity contribution in [1.29, 1.82) is 0 Å². The van der Waals surface area contributed by atoms with Gasteiger partial charge in [0.25, 0.3) is 0 Å². The fraction of sp³-hybridized carbons (Fsp3) is 0.667. The second-order valence-electron chi connectivity index (χ2n) is 4.36. The lowest BCUT2D eigenvalue weighted by Gasteiger charge is -2.23. The van der Waals surface area contributed by atoms with E-state index in [9.17, 15) is 0 Å². The molecule has 0 fully saturated rings. The fourth-order valence-corrected chi connectivity index (χ4v) is 2.29. The Balaban J connectivity index is 2.09. The summed E-state index contributed by atoms with van der Waals surface area (Å²) in [5.74, 6) is 1.53. The number of nitrogens with one attached hydrogen (secondary N) is 1. The lowest BCUT2D eigenvalue weighted by molar-refractivity contribution is 0.177. The van der Waals surface area contributed by atoms with E-state index in [-0.39, 0.29) is 0 Å². The minimum absolute atomic E-state index is 0.507. The van der Waals surface area contributed by atoms with E-state index >= 15 is 0 Å². The monoisotopic (exact) mass is 221 g/mol. The summed E-state index contributed by atoms with van der Waals surface area (Å²) in [5.41, 5.74) is 2.53.